The van der Waals surface area contributed by atoms with Gasteiger partial charge in [-0.3, -0.25) is 0 Å². The average molecular weight is 303 g/mol. The van der Waals surface area contributed by atoms with E-state index in [2.05, 4.69) is 4.98 Å². The van der Waals surface area contributed by atoms with Crippen LogP contribution in [0, 0.1) is 0 Å². The lowest BCUT2D eigenvalue weighted by Crippen LogP contribution is -2.32. The van der Waals surface area contributed by atoms with E-state index in [4.69, 9.17) is 5.73 Å². The molecule has 21 heavy (non-hydrogen) atoms. The van der Waals surface area contributed by atoms with Crippen LogP contribution in [0.25, 0.3) is 0 Å². The molecule has 6 heteroatoms. The Labute approximate surface area is 124 Å². The van der Waals surface area contributed by atoms with E-state index in [1.165, 1.54) is 6.26 Å². The van der Waals surface area contributed by atoms with Gasteiger partial charge >= 0.3 is 0 Å². The molecule has 0 amide bonds. The number of nitrogen functional groups attached to an aromatic ring is 1. The summed E-state index contributed by atoms with van der Waals surface area (Å²) < 4.78 is 23.8. The average Bonchev–Trinajstić information content (AvgIpc) is 2.46. The molecular weight excluding hydrogens is 286 g/mol. The highest BCUT2D eigenvalue weighted by molar-refractivity contribution is 7.90. The van der Waals surface area contributed by atoms with Crippen LogP contribution in [-0.2, 0) is 22.8 Å². The Hall–Kier alpha value is -2.08. The van der Waals surface area contributed by atoms with E-state index in [1.807, 2.05) is 23.1 Å². The first-order valence-corrected chi connectivity index (χ1v) is 8.62. The number of fused-ring (bicyclic) bond motifs is 1. The standard InChI is InChI=1S/C15H17N3O2S/c1-21(19,20)14-6-3-8-17-15(14)18-9-7-12-11(10-18)4-2-5-13(12)16/h2-6,8H,7,9-10,16H2,1H3. The van der Waals surface area contributed by atoms with Crippen molar-refractivity contribution >= 4 is 21.3 Å². The third-order valence-electron chi connectivity index (χ3n) is 3.75. The molecule has 1 aromatic carbocycles. The van der Waals surface area contributed by atoms with Crippen molar-refractivity contribution in [1.82, 2.24) is 4.98 Å². The predicted molar refractivity (Wildman–Crippen MR) is 83.0 cm³/mol. The van der Waals surface area contributed by atoms with Gasteiger partial charge < -0.3 is 10.6 Å². The number of sulfone groups is 1. The van der Waals surface area contributed by atoms with E-state index >= 15 is 0 Å². The van der Waals surface area contributed by atoms with Crippen LogP contribution in [-0.4, -0.2) is 26.2 Å². The molecule has 0 radical (unpaired) electrons. The van der Waals surface area contributed by atoms with Gasteiger partial charge in [0, 0.05) is 31.2 Å². The zero-order valence-corrected chi connectivity index (χ0v) is 12.6. The van der Waals surface area contributed by atoms with Crippen molar-refractivity contribution in [3.8, 4) is 0 Å². The molecule has 2 heterocycles. The Balaban J connectivity index is 2.01. The topological polar surface area (TPSA) is 76.3 Å². The Morgan fingerprint density at radius 1 is 1.24 bits per heavy atom. The quantitative estimate of drug-likeness (QED) is 0.853. The van der Waals surface area contributed by atoms with E-state index in [0.29, 0.717) is 18.9 Å². The van der Waals surface area contributed by atoms with E-state index in [1.54, 1.807) is 18.3 Å². The van der Waals surface area contributed by atoms with Gasteiger partial charge in [-0.1, -0.05) is 12.1 Å². The van der Waals surface area contributed by atoms with Crippen LogP contribution in [0.2, 0.25) is 0 Å². The highest BCUT2D eigenvalue weighted by Crippen LogP contribution is 2.30. The predicted octanol–water partition coefficient (Wildman–Crippen LogP) is 1.63. The molecule has 1 aromatic heterocycles. The lowest BCUT2D eigenvalue weighted by atomic mass is 9.98. The van der Waals surface area contributed by atoms with Crippen LogP contribution in [0.3, 0.4) is 0 Å². The van der Waals surface area contributed by atoms with Crippen molar-refractivity contribution in [3.05, 3.63) is 47.7 Å². The molecule has 2 aromatic rings. The molecule has 5 nitrogen and oxygen atoms in total. The second kappa shape index (κ2) is 5.04. The lowest BCUT2D eigenvalue weighted by molar-refractivity contribution is 0.600. The second-order valence-electron chi connectivity index (χ2n) is 5.25. The van der Waals surface area contributed by atoms with Gasteiger partial charge in [0.05, 0.1) is 0 Å². The van der Waals surface area contributed by atoms with Crippen LogP contribution in [0.5, 0.6) is 0 Å². The fourth-order valence-electron chi connectivity index (χ4n) is 2.73. The summed E-state index contributed by atoms with van der Waals surface area (Å²) in [7, 11) is -3.30. The second-order valence-corrected chi connectivity index (χ2v) is 7.24. The number of pyridine rings is 1. The number of hydrogen-bond acceptors (Lipinski definition) is 5. The minimum Gasteiger partial charge on any atom is -0.398 e. The van der Waals surface area contributed by atoms with Gasteiger partial charge in [-0.25, -0.2) is 13.4 Å². The summed E-state index contributed by atoms with van der Waals surface area (Å²) in [5.74, 6) is 0.521. The van der Waals surface area contributed by atoms with Crippen molar-refractivity contribution in [3.63, 3.8) is 0 Å². The molecule has 0 atom stereocenters. The highest BCUT2D eigenvalue weighted by Gasteiger charge is 2.23. The molecule has 2 N–H and O–H groups in total. The van der Waals surface area contributed by atoms with Gasteiger partial charge in [0.15, 0.2) is 9.84 Å². The molecule has 0 unspecified atom stereocenters. The van der Waals surface area contributed by atoms with Crippen LogP contribution in [0.15, 0.2) is 41.4 Å². The summed E-state index contributed by atoms with van der Waals surface area (Å²) in [6, 6.07) is 9.11. The number of nitrogens with two attached hydrogens (primary N) is 1. The maximum absolute atomic E-state index is 11.9. The summed E-state index contributed by atoms with van der Waals surface area (Å²) >= 11 is 0. The summed E-state index contributed by atoms with van der Waals surface area (Å²) in [5.41, 5.74) is 9.09. The molecule has 1 aliphatic rings. The van der Waals surface area contributed by atoms with Gasteiger partial charge in [-0.05, 0) is 35.7 Å². The monoisotopic (exact) mass is 303 g/mol. The lowest BCUT2D eigenvalue weighted by Gasteiger charge is -2.31. The number of hydrogen-bond donors (Lipinski definition) is 1. The van der Waals surface area contributed by atoms with Crippen LogP contribution in [0.1, 0.15) is 11.1 Å². The summed E-state index contributed by atoms with van der Waals surface area (Å²) in [5, 5.41) is 0. The molecule has 1 aliphatic heterocycles. The Morgan fingerprint density at radius 3 is 2.81 bits per heavy atom. The Bertz CT molecular complexity index is 787. The van der Waals surface area contributed by atoms with Gasteiger partial charge in [-0.2, -0.15) is 0 Å². The van der Waals surface area contributed by atoms with E-state index in [9.17, 15) is 8.42 Å². The van der Waals surface area contributed by atoms with Crippen LogP contribution in [0.4, 0.5) is 11.5 Å². The molecule has 0 saturated carbocycles. The molecule has 0 saturated heterocycles. The van der Waals surface area contributed by atoms with Gasteiger partial charge in [0.2, 0.25) is 0 Å². The summed E-state index contributed by atoms with van der Waals surface area (Å²) in [6.07, 6.45) is 3.63. The first-order chi connectivity index (χ1) is 9.97. The van der Waals surface area contributed by atoms with Crippen molar-refractivity contribution in [2.75, 3.05) is 23.4 Å². The summed E-state index contributed by atoms with van der Waals surface area (Å²) in [6.45, 7) is 1.33. The van der Waals surface area contributed by atoms with Crippen LogP contribution >= 0.6 is 0 Å². The van der Waals surface area contributed by atoms with E-state index in [-0.39, 0.29) is 4.90 Å². The smallest absolute Gasteiger partial charge is 0.179 e. The molecule has 0 bridgehead atoms. The molecule has 0 aliphatic carbocycles. The number of benzene rings is 1. The normalized spacial score (nSPS) is 14.8. The molecule has 110 valence electrons. The molecular formula is C15H17N3O2S. The maximum atomic E-state index is 11.9. The zero-order valence-electron chi connectivity index (χ0n) is 11.8. The van der Waals surface area contributed by atoms with Gasteiger partial charge in [-0.15, -0.1) is 0 Å². The SMILES string of the molecule is CS(=O)(=O)c1cccnc1N1CCc2c(N)cccc2C1. The Kier molecular flexibility index (Phi) is 3.33. The largest absolute Gasteiger partial charge is 0.398 e. The van der Waals surface area contributed by atoms with E-state index < -0.39 is 9.84 Å². The first-order valence-electron chi connectivity index (χ1n) is 6.73. The minimum atomic E-state index is -3.30. The number of rotatable bonds is 2. The highest BCUT2D eigenvalue weighted by atomic mass is 32.2. The third kappa shape index (κ3) is 2.58. The Morgan fingerprint density at radius 2 is 2.05 bits per heavy atom. The zero-order chi connectivity index (χ0) is 15.0. The number of anilines is 2. The van der Waals surface area contributed by atoms with Crippen molar-refractivity contribution < 1.29 is 8.42 Å². The fraction of sp³-hybridized carbons (Fsp3) is 0.267. The number of aromatic nitrogens is 1. The van der Waals surface area contributed by atoms with Crippen molar-refractivity contribution in [1.29, 1.82) is 0 Å². The van der Waals surface area contributed by atoms with E-state index in [0.717, 1.165) is 23.2 Å². The van der Waals surface area contributed by atoms with Crippen LogP contribution < -0.4 is 10.6 Å². The number of nitrogens with zero attached hydrogens (tertiary/aromatic N) is 2. The van der Waals surface area contributed by atoms with Gasteiger partial charge in [0.25, 0.3) is 0 Å². The molecule has 0 fully saturated rings. The molecule has 3 rings (SSSR count). The summed E-state index contributed by atoms with van der Waals surface area (Å²) in [4.78, 5) is 6.55. The minimum absolute atomic E-state index is 0.275. The third-order valence-corrected chi connectivity index (χ3v) is 4.87. The first kappa shape index (κ1) is 13.9. The van der Waals surface area contributed by atoms with Crippen molar-refractivity contribution in [2.45, 2.75) is 17.9 Å². The van der Waals surface area contributed by atoms with Crippen molar-refractivity contribution in [2.24, 2.45) is 0 Å². The fourth-order valence-corrected chi connectivity index (χ4v) is 3.57. The van der Waals surface area contributed by atoms with Gasteiger partial charge in [0.1, 0.15) is 10.7 Å². The maximum Gasteiger partial charge on any atom is 0.179 e. The molecule has 0 spiro atoms.